The number of allylic oxidation sites excluding steroid dienone is 1. The maximum absolute atomic E-state index is 11.5. The van der Waals surface area contributed by atoms with Crippen LogP contribution in [0.25, 0.3) is 0 Å². The van der Waals surface area contributed by atoms with Crippen molar-refractivity contribution in [2.45, 2.75) is 26.8 Å². The van der Waals surface area contributed by atoms with Gasteiger partial charge in [0.2, 0.25) is 0 Å². The summed E-state index contributed by atoms with van der Waals surface area (Å²) in [7, 11) is 0. The number of rotatable bonds is 4. The number of aromatic nitrogens is 1. The van der Waals surface area contributed by atoms with Crippen molar-refractivity contribution in [2.24, 2.45) is 0 Å². The van der Waals surface area contributed by atoms with Gasteiger partial charge in [0, 0.05) is 17.9 Å². The van der Waals surface area contributed by atoms with Gasteiger partial charge >= 0.3 is 5.97 Å². The molecule has 0 amide bonds. The first-order valence-electron chi connectivity index (χ1n) is 5.08. The summed E-state index contributed by atoms with van der Waals surface area (Å²) in [5, 5.41) is 0. The van der Waals surface area contributed by atoms with E-state index in [-0.39, 0.29) is 12.0 Å². The third-order valence-electron chi connectivity index (χ3n) is 2.45. The summed E-state index contributed by atoms with van der Waals surface area (Å²) in [5.74, 6) is -0.259. The lowest BCUT2D eigenvalue weighted by Crippen LogP contribution is -2.08. The highest BCUT2D eigenvalue weighted by molar-refractivity contribution is 5.90. The topological polar surface area (TPSA) is 31.2 Å². The third-order valence-corrected chi connectivity index (χ3v) is 2.45. The van der Waals surface area contributed by atoms with Gasteiger partial charge in [-0.2, -0.15) is 0 Å². The maximum atomic E-state index is 11.5. The van der Waals surface area contributed by atoms with Crippen LogP contribution in [0.15, 0.2) is 24.9 Å². The average molecular weight is 207 g/mol. The van der Waals surface area contributed by atoms with Gasteiger partial charge in [0.25, 0.3) is 0 Å². The first-order chi connectivity index (χ1) is 7.11. The zero-order chi connectivity index (χ0) is 11.4. The number of carbonyl (C=O) groups is 1. The molecule has 1 heterocycles. The summed E-state index contributed by atoms with van der Waals surface area (Å²) < 4.78 is 6.96. The van der Waals surface area contributed by atoms with Crippen LogP contribution in [-0.2, 0) is 4.74 Å². The molecule has 1 rings (SSSR count). The fraction of sp³-hybridized carbons (Fsp3) is 0.417. The predicted molar refractivity (Wildman–Crippen MR) is 60.0 cm³/mol. The molecule has 15 heavy (non-hydrogen) atoms. The van der Waals surface area contributed by atoms with Crippen LogP contribution in [0.5, 0.6) is 0 Å². The van der Waals surface area contributed by atoms with Gasteiger partial charge in [-0.05, 0) is 26.8 Å². The summed E-state index contributed by atoms with van der Waals surface area (Å²) in [5.41, 5.74) is 1.55. The van der Waals surface area contributed by atoms with Gasteiger partial charge in [0.15, 0.2) is 0 Å². The van der Waals surface area contributed by atoms with Crippen molar-refractivity contribution in [3.8, 4) is 0 Å². The van der Waals surface area contributed by atoms with Crippen LogP contribution in [0.4, 0.5) is 0 Å². The van der Waals surface area contributed by atoms with Crippen molar-refractivity contribution in [3.63, 3.8) is 0 Å². The largest absolute Gasteiger partial charge is 0.462 e. The molecular weight excluding hydrogens is 190 g/mol. The molecule has 0 aliphatic heterocycles. The number of nitrogens with zero attached hydrogens (tertiary/aromatic N) is 1. The van der Waals surface area contributed by atoms with E-state index in [0.717, 1.165) is 5.69 Å². The summed E-state index contributed by atoms with van der Waals surface area (Å²) in [6, 6.07) is 1.97. The molecule has 0 radical (unpaired) electrons. The molecule has 82 valence electrons. The molecule has 0 aromatic carbocycles. The molecule has 0 aliphatic carbocycles. The quantitative estimate of drug-likeness (QED) is 0.561. The molecule has 0 spiro atoms. The summed E-state index contributed by atoms with van der Waals surface area (Å²) >= 11 is 0. The highest BCUT2D eigenvalue weighted by Crippen LogP contribution is 2.17. The van der Waals surface area contributed by atoms with Crippen molar-refractivity contribution in [3.05, 3.63) is 36.2 Å². The van der Waals surface area contributed by atoms with E-state index >= 15 is 0 Å². The zero-order valence-electron chi connectivity index (χ0n) is 9.49. The first-order valence-corrected chi connectivity index (χ1v) is 5.08. The van der Waals surface area contributed by atoms with Crippen molar-refractivity contribution in [1.82, 2.24) is 4.57 Å². The summed E-state index contributed by atoms with van der Waals surface area (Å²) in [4.78, 5) is 11.5. The number of hydrogen-bond donors (Lipinski definition) is 0. The van der Waals surface area contributed by atoms with Gasteiger partial charge in [0.05, 0.1) is 12.2 Å². The minimum Gasteiger partial charge on any atom is -0.462 e. The van der Waals surface area contributed by atoms with Crippen LogP contribution < -0.4 is 0 Å². The van der Waals surface area contributed by atoms with Gasteiger partial charge in [0.1, 0.15) is 0 Å². The molecule has 0 aliphatic rings. The minimum atomic E-state index is -0.259. The van der Waals surface area contributed by atoms with Crippen molar-refractivity contribution in [2.75, 3.05) is 6.61 Å². The van der Waals surface area contributed by atoms with E-state index in [2.05, 4.69) is 6.58 Å². The van der Waals surface area contributed by atoms with Crippen LogP contribution in [0.3, 0.4) is 0 Å². The van der Waals surface area contributed by atoms with E-state index in [1.165, 1.54) is 0 Å². The number of hydrogen-bond acceptors (Lipinski definition) is 2. The highest BCUT2D eigenvalue weighted by atomic mass is 16.5. The molecule has 3 nitrogen and oxygen atoms in total. The Labute approximate surface area is 90.4 Å². The molecule has 0 unspecified atom stereocenters. The van der Waals surface area contributed by atoms with Crippen molar-refractivity contribution < 1.29 is 9.53 Å². The first kappa shape index (κ1) is 11.6. The summed E-state index contributed by atoms with van der Waals surface area (Å²) in [6.45, 7) is 9.87. The second kappa shape index (κ2) is 4.82. The Morgan fingerprint density at radius 3 is 2.93 bits per heavy atom. The number of carbonyl (C=O) groups excluding carboxylic acids is 1. The van der Waals surface area contributed by atoms with Crippen LogP contribution in [-0.4, -0.2) is 17.1 Å². The Hall–Kier alpha value is -1.51. The Bertz CT molecular complexity index is 366. The molecule has 0 saturated carbocycles. The molecule has 3 heteroatoms. The van der Waals surface area contributed by atoms with Crippen LogP contribution in [0.1, 0.15) is 35.9 Å². The van der Waals surface area contributed by atoms with Gasteiger partial charge < -0.3 is 9.30 Å². The van der Waals surface area contributed by atoms with Crippen molar-refractivity contribution >= 4 is 5.97 Å². The van der Waals surface area contributed by atoms with E-state index in [4.69, 9.17) is 4.74 Å². The Morgan fingerprint density at radius 2 is 2.40 bits per heavy atom. The zero-order valence-corrected chi connectivity index (χ0v) is 9.49. The molecule has 0 fully saturated rings. The lowest BCUT2D eigenvalue weighted by Gasteiger charge is -2.11. The molecule has 1 atom stereocenters. The Balaban J connectivity index is 2.98. The van der Waals surface area contributed by atoms with E-state index in [1.807, 2.05) is 30.7 Å². The number of ether oxygens (including phenoxy) is 1. The molecule has 0 bridgehead atoms. The Kier molecular flexibility index (Phi) is 3.72. The average Bonchev–Trinajstić information content (AvgIpc) is 2.59. The monoisotopic (exact) mass is 207 g/mol. The van der Waals surface area contributed by atoms with Crippen LogP contribution in [0, 0.1) is 6.92 Å². The van der Waals surface area contributed by atoms with Gasteiger partial charge in [-0.25, -0.2) is 4.79 Å². The van der Waals surface area contributed by atoms with Gasteiger partial charge in [-0.3, -0.25) is 0 Å². The molecular formula is C12H17NO2. The predicted octanol–water partition coefficient (Wildman–Crippen LogP) is 2.72. The lowest BCUT2D eigenvalue weighted by atomic mass is 10.2. The normalized spacial score (nSPS) is 12.2. The molecule has 0 saturated heterocycles. The fourth-order valence-corrected chi connectivity index (χ4v) is 1.51. The van der Waals surface area contributed by atoms with Crippen LogP contribution in [0.2, 0.25) is 0 Å². The molecule has 1 aromatic heterocycles. The van der Waals surface area contributed by atoms with E-state index in [9.17, 15) is 4.79 Å². The number of esters is 1. The van der Waals surface area contributed by atoms with E-state index in [1.54, 1.807) is 13.0 Å². The smallest absolute Gasteiger partial charge is 0.339 e. The summed E-state index contributed by atoms with van der Waals surface area (Å²) in [6.07, 6.45) is 3.72. The highest BCUT2D eigenvalue weighted by Gasteiger charge is 2.14. The van der Waals surface area contributed by atoms with E-state index in [0.29, 0.717) is 12.2 Å². The van der Waals surface area contributed by atoms with Gasteiger partial charge in [-0.1, -0.05) is 6.08 Å². The second-order valence-electron chi connectivity index (χ2n) is 3.42. The van der Waals surface area contributed by atoms with Crippen LogP contribution >= 0.6 is 0 Å². The standard InChI is InChI=1S/C12H17NO2/c1-5-9(3)13-8-7-11(10(13)4)12(14)15-6-2/h5,7-9H,1,6H2,2-4H3/t9-/m0/s1. The maximum Gasteiger partial charge on any atom is 0.339 e. The van der Waals surface area contributed by atoms with Gasteiger partial charge in [-0.15, -0.1) is 6.58 Å². The minimum absolute atomic E-state index is 0.188. The molecule has 0 N–H and O–H groups in total. The van der Waals surface area contributed by atoms with E-state index < -0.39 is 0 Å². The second-order valence-corrected chi connectivity index (χ2v) is 3.42. The van der Waals surface area contributed by atoms with Crippen molar-refractivity contribution in [1.29, 1.82) is 0 Å². The third kappa shape index (κ3) is 2.29. The Morgan fingerprint density at radius 1 is 1.73 bits per heavy atom. The lowest BCUT2D eigenvalue weighted by molar-refractivity contribution is 0.0525. The SMILES string of the molecule is C=C[C@H](C)n1ccc(C(=O)OCC)c1C. The fourth-order valence-electron chi connectivity index (χ4n) is 1.51. The molecule has 1 aromatic rings.